The van der Waals surface area contributed by atoms with Gasteiger partial charge in [0.2, 0.25) is 0 Å². The Hall–Kier alpha value is -0.0400. The third kappa shape index (κ3) is 4.47. The van der Waals surface area contributed by atoms with Crippen LogP contribution in [-0.4, -0.2) is 46.6 Å². The van der Waals surface area contributed by atoms with Crippen LogP contribution in [0.25, 0.3) is 0 Å². The van der Waals surface area contributed by atoms with E-state index in [1.165, 1.54) is 10.2 Å². The molecule has 2 unspecified atom stereocenters. The van der Waals surface area contributed by atoms with E-state index in [0.29, 0.717) is 12.1 Å². The Bertz CT molecular complexity index is 446. The van der Waals surface area contributed by atoms with Gasteiger partial charge in [-0.25, -0.2) is 0 Å². The molecule has 2 atom stereocenters. The molecule has 0 aromatic carbocycles. The number of nitrogens with zero attached hydrogens (tertiary/aromatic N) is 2. The average molecular weight is 376 g/mol. The lowest BCUT2D eigenvalue weighted by molar-refractivity contribution is 0.0467. The summed E-state index contributed by atoms with van der Waals surface area (Å²) in [5.74, 6) is 2.20. The summed E-state index contributed by atoms with van der Waals surface area (Å²) in [7, 11) is 2.03. The summed E-state index contributed by atoms with van der Waals surface area (Å²) in [6.45, 7) is 6.25. The predicted molar refractivity (Wildman–Crippen MR) is 93.1 cm³/mol. The number of halogens is 1. The summed E-state index contributed by atoms with van der Waals surface area (Å²) in [4.78, 5) is 0. The van der Waals surface area contributed by atoms with Gasteiger partial charge in [-0.3, -0.25) is 4.68 Å². The van der Waals surface area contributed by atoms with Crippen LogP contribution in [0.3, 0.4) is 0 Å². The van der Waals surface area contributed by atoms with E-state index in [1.54, 1.807) is 0 Å². The highest BCUT2D eigenvalue weighted by atomic mass is 79.9. The fourth-order valence-electron chi connectivity index (χ4n) is 2.65. The summed E-state index contributed by atoms with van der Waals surface area (Å²) in [5, 5.41) is 8.27. The van der Waals surface area contributed by atoms with E-state index in [2.05, 4.69) is 40.2 Å². The molecular formula is C15H26BrN3OS. The van der Waals surface area contributed by atoms with Gasteiger partial charge in [0.1, 0.15) is 0 Å². The lowest BCUT2D eigenvalue weighted by Crippen LogP contribution is -2.46. The quantitative estimate of drug-likeness (QED) is 0.795. The Morgan fingerprint density at radius 1 is 1.52 bits per heavy atom. The van der Waals surface area contributed by atoms with Crippen molar-refractivity contribution in [1.29, 1.82) is 0 Å². The van der Waals surface area contributed by atoms with Crippen molar-refractivity contribution in [2.45, 2.75) is 45.3 Å². The SMILES string of the molecule is CCCNC(Cc1c(Br)c(CC)nn1C)C1CSCCO1. The molecule has 120 valence electrons. The summed E-state index contributed by atoms with van der Waals surface area (Å²) in [6.07, 6.45) is 3.34. The molecule has 0 aliphatic carbocycles. The molecule has 1 saturated heterocycles. The van der Waals surface area contributed by atoms with Crippen LogP contribution in [0.2, 0.25) is 0 Å². The minimum Gasteiger partial charge on any atom is -0.375 e. The minimum absolute atomic E-state index is 0.294. The number of rotatable bonds is 7. The molecule has 0 amide bonds. The molecule has 1 fully saturated rings. The number of hydrogen-bond donors (Lipinski definition) is 1. The molecular weight excluding hydrogens is 350 g/mol. The maximum Gasteiger partial charge on any atom is 0.0822 e. The van der Waals surface area contributed by atoms with Gasteiger partial charge in [-0.2, -0.15) is 16.9 Å². The minimum atomic E-state index is 0.294. The van der Waals surface area contributed by atoms with E-state index >= 15 is 0 Å². The third-order valence-electron chi connectivity index (χ3n) is 3.86. The predicted octanol–water partition coefficient (Wildman–Crippen LogP) is 2.79. The molecule has 0 saturated carbocycles. The van der Waals surface area contributed by atoms with Gasteiger partial charge in [0.25, 0.3) is 0 Å². The molecule has 21 heavy (non-hydrogen) atoms. The molecule has 1 aromatic heterocycles. The van der Waals surface area contributed by atoms with Gasteiger partial charge in [0, 0.05) is 31.0 Å². The average Bonchev–Trinajstić information content (AvgIpc) is 2.79. The molecule has 1 aromatic rings. The zero-order valence-corrected chi connectivity index (χ0v) is 15.6. The van der Waals surface area contributed by atoms with Crippen molar-refractivity contribution < 1.29 is 4.74 Å². The van der Waals surface area contributed by atoms with Crippen molar-refractivity contribution in [2.24, 2.45) is 7.05 Å². The second-order valence-electron chi connectivity index (χ2n) is 5.43. The Morgan fingerprint density at radius 3 is 2.90 bits per heavy atom. The number of thioether (sulfide) groups is 1. The number of ether oxygens (including phenoxy) is 1. The highest BCUT2D eigenvalue weighted by Gasteiger charge is 2.27. The first-order valence-electron chi connectivity index (χ1n) is 7.80. The molecule has 1 aliphatic rings. The van der Waals surface area contributed by atoms with Crippen LogP contribution >= 0.6 is 27.7 Å². The summed E-state index contributed by atoms with van der Waals surface area (Å²) >= 11 is 5.72. The van der Waals surface area contributed by atoms with Crippen LogP contribution in [-0.2, 0) is 24.6 Å². The molecule has 0 spiro atoms. The molecule has 2 heterocycles. The molecule has 1 aliphatic heterocycles. The highest BCUT2D eigenvalue weighted by Crippen LogP contribution is 2.25. The normalized spacial score (nSPS) is 20.7. The van der Waals surface area contributed by atoms with E-state index in [9.17, 15) is 0 Å². The van der Waals surface area contributed by atoms with Gasteiger partial charge < -0.3 is 10.1 Å². The number of aryl methyl sites for hydroxylation is 2. The van der Waals surface area contributed by atoms with Crippen LogP contribution in [0.5, 0.6) is 0 Å². The van der Waals surface area contributed by atoms with Gasteiger partial charge in [-0.15, -0.1) is 0 Å². The monoisotopic (exact) mass is 375 g/mol. The van der Waals surface area contributed by atoms with Crippen LogP contribution in [0.1, 0.15) is 31.7 Å². The fourth-order valence-corrected chi connectivity index (χ4v) is 4.37. The van der Waals surface area contributed by atoms with E-state index in [-0.39, 0.29) is 0 Å². The van der Waals surface area contributed by atoms with E-state index in [0.717, 1.165) is 49.6 Å². The van der Waals surface area contributed by atoms with E-state index in [1.807, 2.05) is 23.5 Å². The molecule has 0 radical (unpaired) electrons. The van der Waals surface area contributed by atoms with Gasteiger partial charge in [-0.05, 0) is 35.3 Å². The Kier molecular flexibility index (Phi) is 7.05. The van der Waals surface area contributed by atoms with Crippen molar-refractivity contribution in [3.8, 4) is 0 Å². The number of aromatic nitrogens is 2. The van der Waals surface area contributed by atoms with Crippen LogP contribution in [0, 0.1) is 0 Å². The third-order valence-corrected chi connectivity index (χ3v) is 5.80. The standard InChI is InChI=1S/C15H26BrN3OS/c1-4-6-17-12(14-10-21-8-7-20-14)9-13-15(16)11(5-2)18-19(13)3/h12,14,17H,4-10H2,1-3H3. The molecule has 6 heteroatoms. The molecule has 2 rings (SSSR count). The van der Waals surface area contributed by atoms with Gasteiger partial charge in [-0.1, -0.05) is 13.8 Å². The largest absolute Gasteiger partial charge is 0.375 e. The van der Waals surface area contributed by atoms with Crippen LogP contribution < -0.4 is 5.32 Å². The molecule has 1 N–H and O–H groups in total. The highest BCUT2D eigenvalue weighted by molar-refractivity contribution is 9.10. The number of nitrogens with one attached hydrogen (secondary N) is 1. The summed E-state index contributed by atoms with van der Waals surface area (Å²) in [6, 6.07) is 0.356. The van der Waals surface area contributed by atoms with Crippen molar-refractivity contribution in [3.05, 3.63) is 15.9 Å². The Balaban J connectivity index is 2.11. The van der Waals surface area contributed by atoms with Crippen molar-refractivity contribution >= 4 is 27.7 Å². The lowest BCUT2D eigenvalue weighted by atomic mass is 10.1. The second kappa shape index (κ2) is 8.56. The first kappa shape index (κ1) is 17.3. The van der Waals surface area contributed by atoms with Crippen molar-refractivity contribution in [3.63, 3.8) is 0 Å². The maximum absolute atomic E-state index is 5.99. The van der Waals surface area contributed by atoms with Crippen LogP contribution in [0.4, 0.5) is 0 Å². The van der Waals surface area contributed by atoms with Crippen LogP contribution in [0.15, 0.2) is 4.47 Å². The Morgan fingerprint density at radius 2 is 2.33 bits per heavy atom. The zero-order valence-electron chi connectivity index (χ0n) is 13.2. The van der Waals surface area contributed by atoms with E-state index < -0.39 is 0 Å². The second-order valence-corrected chi connectivity index (χ2v) is 7.38. The zero-order chi connectivity index (χ0) is 15.2. The van der Waals surface area contributed by atoms with E-state index in [4.69, 9.17) is 4.74 Å². The summed E-state index contributed by atoms with van der Waals surface area (Å²) in [5.41, 5.74) is 2.40. The smallest absolute Gasteiger partial charge is 0.0822 e. The van der Waals surface area contributed by atoms with Gasteiger partial charge >= 0.3 is 0 Å². The topological polar surface area (TPSA) is 39.1 Å². The summed E-state index contributed by atoms with van der Waals surface area (Å²) < 4.78 is 9.17. The maximum atomic E-state index is 5.99. The Labute approximate surface area is 140 Å². The lowest BCUT2D eigenvalue weighted by Gasteiger charge is -2.31. The fraction of sp³-hybridized carbons (Fsp3) is 0.800. The first-order chi connectivity index (χ1) is 10.2. The van der Waals surface area contributed by atoms with Gasteiger partial charge in [0.15, 0.2) is 0 Å². The van der Waals surface area contributed by atoms with Crippen molar-refractivity contribution in [2.75, 3.05) is 24.7 Å². The first-order valence-corrected chi connectivity index (χ1v) is 9.75. The van der Waals surface area contributed by atoms with Gasteiger partial charge in [0.05, 0.1) is 28.6 Å². The molecule has 0 bridgehead atoms. The number of hydrogen-bond acceptors (Lipinski definition) is 4. The molecule has 4 nitrogen and oxygen atoms in total. The van der Waals surface area contributed by atoms with Crippen molar-refractivity contribution in [1.82, 2.24) is 15.1 Å².